The molecule has 0 N–H and O–H groups in total. The summed E-state index contributed by atoms with van der Waals surface area (Å²) in [6.45, 7) is 10.5. The van der Waals surface area contributed by atoms with Gasteiger partial charge in [-0.25, -0.2) is 14.4 Å². The van der Waals surface area contributed by atoms with Gasteiger partial charge in [-0.05, 0) is 68.4 Å². The zero-order chi connectivity index (χ0) is 30.7. The number of aryl methyl sites for hydroxylation is 4. The summed E-state index contributed by atoms with van der Waals surface area (Å²) in [7, 11) is 2.07. The second kappa shape index (κ2) is 13.8. The van der Waals surface area contributed by atoms with Crippen LogP contribution in [0.5, 0.6) is 0 Å². The van der Waals surface area contributed by atoms with E-state index in [4.69, 9.17) is 4.98 Å². The van der Waals surface area contributed by atoms with Crippen LogP contribution in [-0.2, 0) is 13.5 Å². The van der Waals surface area contributed by atoms with Gasteiger partial charge in [0.25, 0.3) is 0 Å². The number of hydrogen-bond donors (Lipinski definition) is 0. The molecule has 4 aromatic heterocycles. The van der Waals surface area contributed by atoms with Crippen molar-refractivity contribution < 1.29 is 9.18 Å². The van der Waals surface area contributed by atoms with E-state index in [1.807, 2.05) is 26.0 Å². The molecule has 1 aliphatic rings. The summed E-state index contributed by atoms with van der Waals surface area (Å²) in [4.78, 5) is 22.9. The Morgan fingerprint density at radius 3 is 2.33 bits per heavy atom. The Kier molecular flexibility index (Phi) is 10.1. The number of halogens is 1. The van der Waals surface area contributed by atoms with Crippen molar-refractivity contribution >= 4 is 50.1 Å². The highest BCUT2D eigenvalue weighted by atomic mass is 32.1. The molecule has 228 valence electrons. The summed E-state index contributed by atoms with van der Waals surface area (Å²) in [5, 5.41) is 1.77. The van der Waals surface area contributed by atoms with E-state index >= 15 is 4.39 Å². The van der Waals surface area contributed by atoms with E-state index in [1.54, 1.807) is 28.7 Å². The Balaban J connectivity index is 0.000000559. The predicted octanol–water partition coefficient (Wildman–Crippen LogP) is 11.3. The van der Waals surface area contributed by atoms with Gasteiger partial charge in [0.1, 0.15) is 11.3 Å². The van der Waals surface area contributed by atoms with Gasteiger partial charge in [-0.1, -0.05) is 71.8 Å². The van der Waals surface area contributed by atoms with Crippen molar-refractivity contribution in [3.63, 3.8) is 0 Å². The molecule has 5 aromatic rings. The minimum Gasteiger partial charge on any atom is -0.342 e. The Hall–Kier alpha value is -2.90. The minimum absolute atomic E-state index is 0.309. The van der Waals surface area contributed by atoms with E-state index in [0.717, 1.165) is 79.4 Å². The number of nitrogens with zero attached hydrogens (tertiary/aromatic N) is 3. The van der Waals surface area contributed by atoms with Crippen LogP contribution in [0.4, 0.5) is 4.39 Å². The van der Waals surface area contributed by atoms with Crippen LogP contribution < -0.4 is 0 Å². The molecule has 1 aromatic carbocycles. The number of benzene rings is 1. The van der Waals surface area contributed by atoms with E-state index in [9.17, 15) is 4.79 Å². The van der Waals surface area contributed by atoms with Gasteiger partial charge in [-0.15, -0.1) is 22.7 Å². The molecule has 4 heterocycles. The molecule has 0 unspecified atom stereocenters. The molecule has 0 spiro atoms. The fourth-order valence-corrected chi connectivity index (χ4v) is 8.94. The molecule has 43 heavy (non-hydrogen) atoms. The number of carbonyl (C=O) groups is 1. The topological polar surface area (TPSA) is 47.8 Å². The van der Waals surface area contributed by atoms with Crippen molar-refractivity contribution in [1.82, 2.24) is 14.5 Å². The highest BCUT2D eigenvalue weighted by molar-refractivity contribution is 7.21. The summed E-state index contributed by atoms with van der Waals surface area (Å²) in [6.07, 6.45) is 13.3. The van der Waals surface area contributed by atoms with E-state index in [2.05, 4.69) is 43.4 Å². The number of aldehydes is 1. The van der Waals surface area contributed by atoms with Crippen molar-refractivity contribution in [1.29, 1.82) is 0 Å². The predicted molar refractivity (Wildman–Crippen MR) is 182 cm³/mol. The maximum absolute atomic E-state index is 15.8. The molecule has 0 amide bonds. The van der Waals surface area contributed by atoms with Crippen LogP contribution >= 0.6 is 22.7 Å². The maximum atomic E-state index is 15.8. The zero-order valence-corrected chi connectivity index (χ0v) is 28.1. The molecule has 0 aliphatic heterocycles. The Bertz CT molecular complexity index is 1730. The molecule has 0 radical (unpaired) electrons. The van der Waals surface area contributed by atoms with Crippen LogP contribution in [0.3, 0.4) is 0 Å². The molecule has 4 nitrogen and oxygen atoms in total. The lowest BCUT2D eigenvalue weighted by Gasteiger charge is -2.23. The van der Waals surface area contributed by atoms with Gasteiger partial charge in [-0.2, -0.15) is 0 Å². The van der Waals surface area contributed by atoms with Gasteiger partial charge in [0, 0.05) is 18.0 Å². The number of carbonyl (C=O) groups excluding carboxylic acids is 1. The number of pyridine rings is 1. The van der Waals surface area contributed by atoms with E-state index in [-0.39, 0.29) is 5.82 Å². The summed E-state index contributed by atoms with van der Waals surface area (Å²) in [5.74, 6) is 0.115. The van der Waals surface area contributed by atoms with Crippen LogP contribution in [0.15, 0.2) is 24.3 Å². The number of thiazole rings is 1. The average molecular weight is 618 g/mol. The molecule has 1 fully saturated rings. The van der Waals surface area contributed by atoms with Crippen LogP contribution in [0, 0.1) is 19.7 Å². The molecule has 0 atom stereocenters. The summed E-state index contributed by atoms with van der Waals surface area (Å²) < 4.78 is 19.2. The Morgan fingerprint density at radius 2 is 1.72 bits per heavy atom. The van der Waals surface area contributed by atoms with Gasteiger partial charge < -0.3 is 4.57 Å². The summed E-state index contributed by atoms with van der Waals surface area (Å²) in [6, 6.07) is 7.69. The summed E-state index contributed by atoms with van der Waals surface area (Å²) in [5.41, 5.74) is 7.57. The first-order chi connectivity index (χ1) is 20.8. The molecular weight excluding hydrogens is 574 g/mol. The highest BCUT2D eigenvalue weighted by Gasteiger charge is 2.29. The van der Waals surface area contributed by atoms with E-state index in [1.165, 1.54) is 55.2 Å². The molecule has 6 rings (SSSR count). The molecule has 0 saturated heterocycles. The van der Waals surface area contributed by atoms with Crippen LogP contribution in [0.1, 0.15) is 116 Å². The smallest absolute Gasteiger partial charge is 0.160 e. The first kappa shape index (κ1) is 31.5. The summed E-state index contributed by atoms with van der Waals surface area (Å²) >= 11 is 3.20. The fraction of sp³-hybridized carbons (Fsp3) is 0.472. The van der Waals surface area contributed by atoms with E-state index in [0.29, 0.717) is 11.4 Å². The molecule has 7 heteroatoms. The molecular formula is C36H44FN3OS2. The molecule has 0 bridgehead atoms. The molecule has 1 saturated carbocycles. The van der Waals surface area contributed by atoms with Crippen LogP contribution in [0.2, 0.25) is 0 Å². The SMILES string of the molecule is CCCCCC.CCc1c(C=O)sc2c(C3CCCCC3)c(-c3cc(F)c4nc(-c5sc(C)nc5C)ccc4c3)n(C)c12. The average Bonchev–Trinajstić information content (AvgIpc) is 3.65. The largest absolute Gasteiger partial charge is 0.342 e. The second-order valence-corrected chi connectivity index (χ2v) is 14.1. The third-order valence-electron chi connectivity index (χ3n) is 8.77. The maximum Gasteiger partial charge on any atom is 0.160 e. The standard InChI is InChI=1S/C30H30FN3OS2.C6H14/c1-5-21-24(15-35)37-30-25(18-9-7-6-8-10-18)27(34(4)28(21)30)20-13-19-11-12-23(33-26(19)22(31)14-20)29-16(2)32-17(3)36-29;1-3-5-6-4-2/h11-15,18H,5-10H2,1-4H3;3-6H2,1-2H3. The van der Waals surface area contributed by atoms with Crippen molar-refractivity contribution in [3.05, 3.63) is 56.8 Å². The number of hydrogen-bond acceptors (Lipinski definition) is 5. The Labute approximate surface area is 263 Å². The minimum atomic E-state index is -0.309. The van der Waals surface area contributed by atoms with Crippen molar-refractivity contribution in [2.45, 2.75) is 105 Å². The quantitative estimate of drug-likeness (QED) is 0.129. The van der Waals surface area contributed by atoms with Gasteiger partial charge >= 0.3 is 0 Å². The lowest BCUT2D eigenvalue weighted by Crippen LogP contribution is -2.06. The van der Waals surface area contributed by atoms with Crippen molar-refractivity contribution in [2.75, 3.05) is 0 Å². The first-order valence-electron chi connectivity index (χ1n) is 16.0. The van der Waals surface area contributed by atoms with E-state index < -0.39 is 0 Å². The zero-order valence-electron chi connectivity index (χ0n) is 26.5. The van der Waals surface area contributed by atoms with Gasteiger partial charge in [0.05, 0.1) is 42.1 Å². The number of unbranched alkanes of at least 4 members (excludes halogenated alkanes) is 3. The third-order valence-corrected chi connectivity index (χ3v) is 11.0. The monoisotopic (exact) mass is 617 g/mol. The number of thiophene rings is 1. The lowest BCUT2D eigenvalue weighted by molar-refractivity contribution is 0.112. The number of fused-ring (bicyclic) bond motifs is 2. The van der Waals surface area contributed by atoms with Crippen LogP contribution in [0.25, 0.3) is 42.9 Å². The molecule has 1 aliphatic carbocycles. The first-order valence-corrected chi connectivity index (χ1v) is 17.6. The van der Waals surface area contributed by atoms with Gasteiger partial charge in [0.15, 0.2) is 6.29 Å². The fourth-order valence-electron chi connectivity index (χ4n) is 6.69. The van der Waals surface area contributed by atoms with Crippen molar-refractivity contribution in [2.24, 2.45) is 7.05 Å². The normalized spacial score (nSPS) is 13.9. The van der Waals surface area contributed by atoms with Gasteiger partial charge in [-0.3, -0.25) is 4.79 Å². The lowest BCUT2D eigenvalue weighted by atomic mass is 9.83. The third kappa shape index (κ3) is 6.21. The second-order valence-electron chi connectivity index (χ2n) is 11.8. The number of rotatable bonds is 8. The number of aromatic nitrogens is 3. The van der Waals surface area contributed by atoms with Crippen LogP contribution in [-0.4, -0.2) is 20.8 Å². The Morgan fingerprint density at radius 1 is 1.00 bits per heavy atom. The van der Waals surface area contributed by atoms with Crippen molar-refractivity contribution in [3.8, 4) is 21.8 Å². The highest BCUT2D eigenvalue weighted by Crippen LogP contribution is 2.48. The van der Waals surface area contributed by atoms with Gasteiger partial charge in [0.2, 0.25) is 0 Å².